The predicted molar refractivity (Wildman–Crippen MR) is 100.0 cm³/mol. The molecule has 0 saturated heterocycles. The monoisotopic (exact) mass is 415 g/mol. The summed E-state index contributed by atoms with van der Waals surface area (Å²) in [7, 11) is 1.38. The highest BCUT2D eigenvalue weighted by Crippen LogP contribution is 2.14. The van der Waals surface area contributed by atoms with E-state index in [0.717, 1.165) is 0 Å². The summed E-state index contributed by atoms with van der Waals surface area (Å²) in [5, 5.41) is 6.21. The molecule has 0 fully saturated rings. The van der Waals surface area contributed by atoms with Gasteiger partial charge in [-0.1, -0.05) is 11.6 Å². The topological polar surface area (TPSA) is 97.4 Å². The fraction of sp³-hybridized carbons (Fsp3) is 0.250. The fourth-order valence-electron chi connectivity index (χ4n) is 1.95. The Labute approximate surface area is 163 Å². The fourth-order valence-corrected chi connectivity index (χ4v) is 2.80. The summed E-state index contributed by atoms with van der Waals surface area (Å²) in [4.78, 5) is 41.3. The summed E-state index contributed by atoms with van der Waals surface area (Å²) >= 11 is 12.9. The van der Waals surface area contributed by atoms with Gasteiger partial charge in [-0.25, -0.2) is 4.98 Å². The number of benzene rings is 1. The first-order valence-corrected chi connectivity index (χ1v) is 9.05. The number of methoxy groups -OCH3 is 1. The lowest BCUT2D eigenvalue weighted by Gasteiger charge is -2.18. The average molecular weight is 416 g/mol. The quantitative estimate of drug-likeness (QED) is 0.391. The Morgan fingerprint density at radius 2 is 1.92 bits per heavy atom. The van der Waals surface area contributed by atoms with Gasteiger partial charge in [0.1, 0.15) is 5.38 Å². The van der Waals surface area contributed by atoms with Crippen LogP contribution in [0.1, 0.15) is 10.4 Å². The Hall–Kier alpha value is -2.00. The second-order valence-electron chi connectivity index (χ2n) is 5.06. The van der Waals surface area contributed by atoms with Crippen LogP contribution in [0.5, 0.6) is 0 Å². The molecule has 10 heteroatoms. The summed E-state index contributed by atoms with van der Waals surface area (Å²) in [6.45, 7) is -0.0661. The Morgan fingerprint density at radius 1 is 1.23 bits per heavy atom. The lowest BCUT2D eigenvalue weighted by molar-refractivity contribution is -0.126. The number of nitrogens with one attached hydrogen (secondary N) is 2. The predicted octanol–water partition coefficient (Wildman–Crippen LogP) is 2.36. The third-order valence-corrected chi connectivity index (χ3v) is 4.46. The second-order valence-corrected chi connectivity index (χ2v) is 6.92. The van der Waals surface area contributed by atoms with Crippen LogP contribution in [0, 0.1) is 0 Å². The molecule has 0 aliphatic heterocycles. The van der Waals surface area contributed by atoms with Crippen LogP contribution in [0.4, 0.5) is 5.13 Å². The Kier molecular flexibility index (Phi) is 7.52. The number of ketones is 1. The molecule has 2 unspecified atom stereocenters. The van der Waals surface area contributed by atoms with Crippen LogP contribution in [-0.2, 0) is 14.3 Å². The van der Waals surface area contributed by atoms with Gasteiger partial charge in [0.05, 0.1) is 6.61 Å². The van der Waals surface area contributed by atoms with E-state index in [1.165, 1.54) is 48.9 Å². The minimum Gasteiger partial charge on any atom is -0.383 e. The molecule has 0 aliphatic rings. The standard InChI is InChI=1S/C16H15Cl2N3O4S/c1-25-8-11(18)14(23)20-12(15(24)21-16-19-6-7-26-16)13(22)9-2-4-10(17)5-3-9/h2-7,11-12H,8H2,1H3,(H,20,23)(H,19,21,24). The number of hydrogen-bond acceptors (Lipinski definition) is 6. The molecule has 1 aromatic carbocycles. The van der Waals surface area contributed by atoms with Gasteiger partial charge in [0, 0.05) is 29.3 Å². The van der Waals surface area contributed by atoms with E-state index in [9.17, 15) is 14.4 Å². The lowest BCUT2D eigenvalue weighted by Crippen LogP contribution is -2.51. The maximum Gasteiger partial charge on any atom is 0.256 e. The van der Waals surface area contributed by atoms with Crippen LogP contribution in [0.15, 0.2) is 35.8 Å². The van der Waals surface area contributed by atoms with Gasteiger partial charge in [0.15, 0.2) is 17.0 Å². The molecule has 26 heavy (non-hydrogen) atoms. The van der Waals surface area contributed by atoms with E-state index in [1.807, 2.05) is 0 Å². The molecule has 7 nitrogen and oxygen atoms in total. The SMILES string of the molecule is COCC(Cl)C(=O)NC(C(=O)Nc1nccs1)C(=O)c1ccc(Cl)cc1. The number of carbonyl (C=O) groups excluding carboxylic acids is 3. The number of anilines is 1. The number of carbonyl (C=O) groups is 3. The van der Waals surface area contributed by atoms with Crippen molar-refractivity contribution in [3.63, 3.8) is 0 Å². The van der Waals surface area contributed by atoms with Crippen LogP contribution >= 0.6 is 34.5 Å². The third kappa shape index (κ3) is 5.50. The van der Waals surface area contributed by atoms with Crippen molar-refractivity contribution in [1.29, 1.82) is 0 Å². The number of ether oxygens (including phenoxy) is 1. The first kappa shape index (κ1) is 20.3. The summed E-state index contributed by atoms with van der Waals surface area (Å²) < 4.78 is 4.81. The van der Waals surface area contributed by atoms with E-state index in [-0.39, 0.29) is 12.2 Å². The van der Waals surface area contributed by atoms with Crippen molar-refractivity contribution < 1.29 is 19.1 Å². The van der Waals surface area contributed by atoms with E-state index in [1.54, 1.807) is 5.38 Å². The molecule has 2 atom stereocenters. The summed E-state index contributed by atoms with van der Waals surface area (Å²) in [6, 6.07) is 4.48. The van der Waals surface area contributed by atoms with Crippen molar-refractivity contribution in [1.82, 2.24) is 10.3 Å². The van der Waals surface area contributed by atoms with Gasteiger partial charge in [0.25, 0.3) is 5.91 Å². The maximum atomic E-state index is 12.7. The van der Waals surface area contributed by atoms with E-state index >= 15 is 0 Å². The smallest absolute Gasteiger partial charge is 0.256 e. The molecule has 1 aromatic heterocycles. The minimum absolute atomic E-state index is 0.0661. The van der Waals surface area contributed by atoms with Gasteiger partial charge >= 0.3 is 0 Å². The Morgan fingerprint density at radius 3 is 2.50 bits per heavy atom. The number of amides is 2. The summed E-state index contributed by atoms with van der Waals surface area (Å²) in [5.41, 5.74) is 0.215. The molecule has 0 saturated carbocycles. The number of alkyl halides is 1. The van der Waals surface area contributed by atoms with Gasteiger partial charge in [0.2, 0.25) is 5.91 Å². The van der Waals surface area contributed by atoms with Gasteiger partial charge < -0.3 is 10.1 Å². The van der Waals surface area contributed by atoms with Gasteiger partial charge in [-0.2, -0.15) is 0 Å². The van der Waals surface area contributed by atoms with E-state index in [0.29, 0.717) is 10.2 Å². The largest absolute Gasteiger partial charge is 0.383 e. The molecule has 0 bridgehead atoms. The summed E-state index contributed by atoms with van der Waals surface area (Å²) in [5.74, 6) is -2.03. The number of aromatic nitrogens is 1. The first-order valence-electron chi connectivity index (χ1n) is 7.36. The van der Waals surface area contributed by atoms with Crippen LogP contribution < -0.4 is 10.6 Å². The van der Waals surface area contributed by atoms with Crippen molar-refractivity contribution in [2.45, 2.75) is 11.4 Å². The lowest BCUT2D eigenvalue weighted by atomic mass is 10.0. The Balaban J connectivity index is 2.22. The van der Waals surface area contributed by atoms with Crippen molar-refractivity contribution in [2.24, 2.45) is 0 Å². The van der Waals surface area contributed by atoms with Gasteiger partial charge in [-0.3, -0.25) is 19.7 Å². The second kappa shape index (κ2) is 9.63. The third-order valence-electron chi connectivity index (χ3n) is 3.20. The van der Waals surface area contributed by atoms with Crippen molar-refractivity contribution in [3.05, 3.63) is 46.4 Å². The van der Waals surface area contributed by atoms with Crippen molar-refractivity contribution >= 4 is 57.3 Å². The molecule has 2 rings (SSSR count). The van der Waals surface area contributed by atoms with Crippen LogP contribution in [0.2, 0.25) is 5.02 Å². The van der Waals surface area contributed by atoms with Crippen LogP contribution in [0.3, 0.4) is 0 Å². The van der Waals surface area contributed by atoms with Gasteiger partial charge in [-0.05, 0) is 24.3 Å². The molecule has 0 spiro atoms. The minimum atomic E-state index is -1.48. The highest BCUT2D eigenvalue weighted by molar-refractivity contribution is 7.13. The van der Waals surface area contributed by atoms with Crippen molar-refractivity contribution in [3.8, 4) is 0 Å². The molecule has 0 radical (unpaired) electrons. The van der Waals surface area contributed by atoms with E-state index in [4.69, 9.17) is 27.9 Å². The molecule has 1 heterocycles. The molecule has 2 N–H and O–H groups in total. The average Bonchev–Trinajstić information content (AvgIpc) is 3.12. The highest BCUT2D eigenvalue weighted by atomic mass is 35.5. The maximum absolute atomic E-state index is 12.7. The zero-order valence-corrected chi connectivity index (χ0v) is 15.9. The zero-order valence-electron chi connectivity index (χ0n) is 13.6. The number of halogens is 2. The van der Waals surface area contributed by atoms with Crippen LogP contribution in [-0.4, -0.2) is 47.7 Å². The molecule has 2 aromatic rings. The number of Topliss-reactive ketones (excluding diaryl/α,β-unsaturated/α-hetero) is 1. The van der Waals surface area contributed by atoms with E-state index in [2.05, 4.69) is 15.6 Å². The molecular formula is C16H15Cl2N3O4S. The zero-order chi connectivity index (χ0) is 19.1. The van der Waals surface area contributed by atoms with Crippen molar-refractivity contribution in [2.75, 3.05) is 19.0 Å². The molecular weight excluding hydrogens is 401 g/mol. The summed E-state index contributed by atoms with van der Waals surface area (Å²) in [6.07, 6.45) is 1.50. The highest BCUT2D eigenvalue weighted by Gasteiger charge is 2.31. The number of nitrogens with zero attached hydrogens (tertiary/aromatic N) is 1. The number of thiazole rings is 1. The number of hydrogen-bond donors (Lipinski definition) is 2. The Bertz CT molecular complexity index is 768. The number of rotatable bonds is 8. The first-order chi connectivity index (χ1) is 12.4. The van der Waals surface area contributed by atoms with Crippen LogP contribution in [0.25, 0.3) is 0 Å². The molecule has 138 valence electrons. The molecule has 2 amide bonds. The molecule has 0 aliphatic carbocycles. The normalized spacial score (nSPS) is 12.9. The van der Waals surface area contributed by atoms with E-state index < -0.39 is 29.0 Å². The van der Waals surface area contributed by atoms with Gasteiger partial charge in [-0.15, -0.1) is 22.9 Å².